The van der Waals surface area contributed by atoms with E-state index >= 15 is 0 Å². The van der Waals surface area contributed by atoms with Crippen molar-refractivity contribution in [3.8, 4) is 0 Å². The minimum absolute atomic E-state index is 0.0803. The molecule has 0 bridgehead atoms. The van der Waals surface area contributed by atoms with Gasteiger partial charge in [0.05, 0.1) is 24.1 Å². The zero-order chi connectivity index (χ0) is 19.6. The third kappa shape index (κ3) is 7.10. The molecule has 0 unspecified atom stereocenters. The van der Waals surface area contributed by atoms with Gasteiger partial charge in [-0.15, -0.1) is 0 Å². The van der Waals surface area contributed by atoms with Gasteiger partial charge in [-0.05, 0) is 30.4 Å². The summed E-state index contributed by atoms with van der Waals surface area (Å²) in [4.78, 5) is 42.4. The molecule has 0 aliphatic heterocycles. The van der Waals surface area contributed by atoms with Crippen molar-refractivity contribution in [2.75, 3.05) is 23.9 Å². The lowest BCUT2D eigenvalue weighted by atomic mass is 10.2. The first-order valence-corrected chi connectivity index (χ1v) is 10.4. The van der Waals surface area contributed by atoms with E-state index in [-0.39, 0.29) is 17.2 Å². The molecule has 0 aliphatic carbocycles. The molecule has 1 aromatic heterocycles. The van der Waals surface area contributed by atoms with Crippen LogP contribution in [-0.2, 0) is 15.3 Å². The van der Waals surface area contributed by atoms with Crippen molar-refractivity contribution in [1.29, 1.82) is 0 Å². The monoisotopic (exact) mass is 407 g/mol. The molecule has 9 heteroatoms. The van der Waals surface area contributed by atoms with Crippen LogP contribution in [0.2, 0.25) is 0 Å². The number of aromatic nitrogens is 2. The summed E-state index contributed by atoms with van der Waals surface area (Å²) in [6, 6.07) is 7.96. The summed E-state index contributed by atoms with van der Waals surface area (Å²) in [7, 11) is 1.30. The number of anilines is 1. The number of amides is 1. The number of nitrogens with zero attached hydrogens (tertiary/aromatic N) is 1. The number of hydrogen-bond acceptors (Lipinski definition) is 7. The van der Waals surface area contributed by atoms with Gasteiger partial charge in [0.25, 0.3) is 5.56 Å². The fraction of sp³-hybridized carbons (Fsp3) is 0.333. The summed E-state index contributed by atoms with van der Waals surface area (Å²) in [6.45, 7) is 2.10. The quantitative estimate of drug-likeness (QED) is 0.285. The van der Waals surface area contributed by atoms with E-state index in [0.717, 1.165) is 23.9 Å². The Hall–Kier alpha value is -2.26. The molecule has 144 valence electrons. The number of carbonyl (C=O) groups is 2. The van der Waals surface area contributed by atoms with Gasteiger partial charge < -0.3 is 15.0 Å². The summed E-state index contributed by atoms with van der Waals surface area (Å²) < 4.78 is 4.66. The molecular weight excluding hydrogens is 386 g/mol. The first-order valence-electron chi connectivity index (χ1n) is 8.31. The molecule has 1 heterocycles. The number of hydrogen-bond donors (Lipinski definition) is 2. The van der Waals surface area contributed by atoms with Gasteiger partial charge in [0, 0.05) is 17.5 Å². The van der Waals surface area contributed by atoms with E-state index in [0.29, 0.717) is 27.9 Å². The van der Waals surface area contributed by atoms with Crippen molar-refractivity contribution in [2.24, 2.45) is 0 Å². The van der Waals surface area contributed by atoms with Gasteiger partial charge in [-0.1, -0.05) is 24.8 Å². The highest BCUT2D eigenvalue weighted by Crippen LogP contribution is 2.16. The predicted octanol–water partition coefficient (Wildman–Crippen LogP) is 2.93. The molecule has 0 saturated heterocycles. The van der Waals surface area contributed by atoms with Crippen LogP contribution < -0.4 is 10.9 Å². The number of thioether (sulfide) groups is 2. The van der Waals surface area contributed by atoms with Gasteiger partial charge in [-0.3, -0.25) is 9.59 Å². The van der Waals surface area contributed by atoms with Crippen LogP contribution in [0.25, 0.3) is 0 Å². The second-order valence-electron chi connectivity index (χ2n) is 5.50. The average molecular weight is 408 g/mol. The largest absolute Gasteiger partial charge is 0.465 e. The SMILES string of the molecule is CCCSCc1cc(=O)[nH]c(SCC(=O)Nc2cccc(C(=O)OC)c2)n1. The first kappa shape index (κ1) is 21.0. The maximum absolute atomic E-state index is 12.1. The lowest BCUT2D eigenvalue weighted by molar-refractivity contribution is -0.113. The summed E-state index contributed by atoms with van der Waals surface area (Å²) in [6.07, 6.45) is 1.06. The molecule has 2 rings (SSSR count). The average Bonchev–Trinajstić information content (AvgIpc) is 2.66. The van der Waals surface area contributed by atoms with E-state index in [2.05, 4.69) is 26.9 Å². The Labute approximate surface area is 165 Å². The van der Waals surface area contributed by atoms with Crippen molar-refractivity contribution in [2.45, 2.75) is 24.3 Å². The molecule has 0 spiro atoms. The number of nitrogens with one attached hydrogen (secondary N) is 2. The molecule has 7 nitrogen and oxygen atoms in total. The highest BCUT2D eigenvalue weighted by Gasteiger charge is 2.10. The lowest BCUT2D eigenvalue weighted by Gasteiger charge is -2.07. The minimum atomic E-state index is -0.472. The number of carbonyl (C=O) groups excluding carboxylic acids is 2. The number of ether oxygens (including phenoxy) is 1. The number of esters is 1. The molecule has 0 fully saturated rings. The van der Waals surface area contributed by atoms with Gasteiger partial charge >= 0.3 is 5.97 Å². The Balaban J connectivity index is 1.93. The second-order valence-corrected chi connectivity index (χ2v) is 7.57. The molecule has 0 atom stereocenters. The van der Waals surface area contributed by atoms with Crippen molar-refractivity contribution in [3.63, 3.8) is 0 Å². The van der Waals surface area contributed by atoms with Crippen LogP contribution in [0.3, 0.4) is 0 Å². The highest BCUT2D eigenvalue weighted by molar-refractivity contribution is 7.99. The molecule has 27 heavy (non-hydrogen) atoms. The minimum Gasteiger partial charge on any atom is -0.465 e. The fourth-order valence-electron chi connectivity index (χ4n) is 2.12. The fourth-order valence-corrected chi connectivity index (χ4v) is 3.60. The summed E-state index contributed by atoms with van der Waals surface area (Å²) in [5.41, 5.74) is 1.32. The van der Waals surface area contributed by atoms with E-state index in [1.807, 2.05) is 0 Å². The topological polar surface area (TPSA) is 101 Å². The second kappa shape index (κ2) is 10.8. The summed E-state index contributed by atoms with van der Waals surface area (Å²) in [5.74, 6) is 1.01. The molecule has 0 saturated carbocycles. The number of H-pyrrole nitrogens is 1. The lowest BCUT2D eigenvalue weighted by Crippen LogP contribution is -2.16. The van der Waals surface area contributed by atoms with Crippen molar-refractivity contribution < 1.29 is 14.3 Å². The van der Waals surface area contributed by atoms with E-state index in [1.54, 1.807) is 36.0 Å². The Kier molecular flexibility index (Phi) is 8.41. The summed E-state index contributed by atoms with van der Waals surface area (Å²) in [5, 5.41) is 3.12. The Morgan fingerprint density at radius 3 is 2.85 bits per heavy atom. The van der Waals surface area contributed by atoms with E-state index < -0.39 is 5.97 Å². The smallest absolute Gasteiger partial charge is 0.337 e. The van der Waals surface area contributed by atoms with Crippen LogP contribution >= 0.6 is 23.5 Å². The normalized spacial score (nSPS) is 10.4. The van der Waals surface area contributed by atoms with Crippen LogP contribution in [-0.4, -0.2) is 40.5 Å². The number of aromatic amines is 1. The molecule has 2 aromatic rings. The zero-order valence-corrected chi connectivity index (χ0v) is 16.7. The maximum Gasteiger partial charge on any atom is 0.337 e. The molecule has 1 aromatic carbocycles. The number of benzene rings is 1. The summed E-state index contributed by atoms with van der Waals surface area (Å²) >= 11 is 2.86. The predicted molar refractivity (Wildman–Crippen MR) is 108 cm³/mol. The first-order chi connectivity index (χ1) is 13.0. The molecule has 1 amide bonds. The number of rotatable bonds is 9. The standard InChI is InChI=1S/C18H21N3O4S2/c1-3-7-26-10-14-9-15(22)21-18(20-14)27-11-16(23)19-13-6-4-5-12(8-13)17(24)25-2/h4-6,8-9H,3,7,10-11H2,1-2H3,(H,19,23)(H,20,21,22). The molecule has 2 N–H and O–H groups in total. The van der Waals surface area contributed by atoms with Crippen LogP contribution in [0.1, 0.15) is 29.4 Å². The van der Waals surface area contributed by atoms with Crippen LogP contribution in [0.15, 0.2) is 40.3 Å². The van der Waals surface area contributed by atoms with Gasteiger partial charge in [-0.25, -0.2) is 9.78 Å². The van der Waals surface area contributed by atoms with Gasteiger partial charge in [0.1, 0.15) is 0 Å². The number of methoxy groups -OCH3 is 1. The third-order valence-corrected chi connectivity index (χ3v) is 5.35. The Bertz CT molecular complexity index is 854. The van der Waals surface area contributed by atoms with Crippen molar-refractivity contribution >= 4 is 41.1 Å². The molecule has 0 radical (unpaired) electrons. The van der Waals surface area contributed by atoms with Crippen molar-refractivity contribution in [3.05, 3.63) is 51.9 Å². The Morgan fingerprint density at radius 2 is 2.11 bits per heavy atom. The van der Waals surface area contributed by atoms with E-state index in [9.17, 15) is 14.4 Å². The Morgan fingerprint density at radius 1 is 1.30 bits per heavy atom. The van der Waals surface area contributed by atoms with Gasteiger partial charge in [-0.2, -0.15) is 11.8 Å². The zero-order valence-electron chi connectivity index (χ0n) is 15.1. The molecule has 0 aliphatic rings. The third-order valence-electron chi connectivity index (χ3n) is 3.28. The highest BCUT2D eigenvalue weighted by atomic mass is 32.2. The van der Waals surface area contributed by atoms with Crippen LogP contribution in [0, 0.1) is 0 Å². The van der Waals surface area contributed by atoms with E-state index in [1.165, 1.54) is 13.2 Å². The van der Waals surface area contributed by atoms with Gasteiger partial charge in [0.15, 0.2) is 5.16 Å². The van der Waals surface area contributed by atoms with E-state index in [4.69, 9.17) is 0 Å². The van der Waals surface area contributed by atoms with Crippen molar-refractivity contribution in [1.82, 2.24) is 9.97 Å². The molecular formula is C18H21N3O4S2. The van der Waals surface area contributed by atoms with Gasteiger partial charge in [0.2, 0.25) is 5.91 Å². The maximum atomic E-state index is 12.1. The van der Waals surface area contributed by atoms with Crippen LogP contribution in [0.5, 0.6) is 0 Å². The van der Waals surface area contributed by atoms with Crippen LogP contribution in [0.4, 0.5) is 5.69 Å².